The van der Waals surface area contributed by atoms with Crippen LogP contribution in [0.3, 0.4) is 0 Å². The Morgan fingerprint density at radius 1 is 1.14 bits per heavy atom. The van der Waals surface area contributed by atoms with Crippen LogP contribution in [0.15, 0.2) is 30.3 Å². The molecule has 0 saturated heterocycles. The zero-order valence-corrected chi connectivity index (χ0v) is 12.7. The van der Waals surface area contributed by atoms with Gasteiger partial charge in [-0.2, -0.15) is 0 Å². The van der Waals surface area contributed by atoms with Crippen LogP contribution < -0.4 is 5.32 Å². The normalized spacial score (nSPS) is 12.1. The first kappa shape index (κ1) is 17.2. The van der Waals surface area contributed by atoms with E-state index in [1.54, 1.807) is 0 Å². The zero-order chi connectivity index (χ0) is 15.7. The van der Waals surface area contributed by atoms with Crippen LogP contribution in [-0.4, -0.2) is 41.5 Å². The third-order valence-electron chi connectivity index (χ3n) is 3.50. The second-order valence-electron chi connectivity index (χ2n) is 4.85. The monoisotopic (exact) mass is 292 g/mol. The van der Waals surface area contributed by atoms with Crippen LogP contribution >= 0.6 is 0 Å². The topological polar surface area (TPSA) is 69.6 Å². The molecular weight excluding hydrogens is 268 g/mol. The number of amides is 1. The molecule has 1 aromatic rings. The van der Waals surface area contributed by atoms with Crippen LogP contribution in [0.2, 0.25) is 0 Å². The Morgan fingerprint density at radius 3 is 2.29 bits per heavy atom. The Hall–Kier alpha value is -1.88. The van der Waals surface area contributed by atoms with Crippen molar-refractivity contribution in [3.63, 3.8) is 0 Å². The molecule has 1 aromatic carbocycles. The van der Waals surface area contributed by atoms with E-state index in [2.05, 4.69) is 24.1 Å². The Bertz CT molecular complexity index is 444. The molecule has 1 unspecified atom stereocenters. The second kappa shape index (κ2) is 9.13. The van der Waals surface area contributed by atoms with E-state index in [4.69, 9.17) is 5.11 Å². The van der Waals surface area contributed by atoms with Crippen LogP contribution in [0.25, 0.3) is 0 Å². The summed E-state index contributed by atoms with van der Waals surface area (Å²) in [5, 5.41) is 11.4. The molecule has 5 nitrogen and oxygen atoms in total. The summed E-state index contributed by atoms with van der Waals surface area (Å²) in [6.45, 7) is 6.45. The number of likely N-dealkylation sites (N-methyl/N-ethyl adjacent to an activating group) is 1. The van der Waals surface area contributed by atoms with E-state index in [0.29, 0.717) is 6.54 Å². The van der Waals surface area contributed by atoms with Gasteiger partial charge in [-0.05, 0) is 18.7 Å². The fourth-order valence-electron chi connectivity index (χ4n) is 2.32. The highest BCUT2D eigenvalue weighted by Gasteiger charge is 2.18. The Kier molecular flexibility index (Phi) is 7.46. The van der Waals surface area contributed by atoms with E-state index in [1.807, 2.05) is 30.3 Å². The summed E-state index contributed by atoms with van der Waals surface area (Å²) in [4.78, 5) is 24.4. The number of rotatable bonds is 9. The van der Waals surface area contributed by atoms with Crippen molar-refractivity contribution in [2.24, 2.45) is 0 Å². The summed E-state index contributed by atoms with van der Waals surface area (Å²) in [5.41, 5.74) is 1.15. The lowest BCUT2D eigenvalue weighted by Crippen LogP contribution is -2.38. The van der Waals surface area contributed by atoms with Gasteiger partial charge in [0, 0.05) is 13.0 Å². The van der Waals surface area contributed by atoms with Gasteiger partial charge in [-0.15, -0.1) is 0 Å². The lowest BCUT2D eigenvalue weighted by molar-refractivity contribution is -0.138. The number of hydrogen-bond donors (Lipinski definition) is 2. The lowest BCUT2D eigenvalue weighted by atomic mass is 10.0. The highest BCUT2D eigenvalue weighted by atomic mass is 16.4. The van der Waals surface area contributed by atoms with Crippen molar-refractivity contribution in [2.75, 3.05) is 19.6 Å². The number of carbonyl (C=O) groups is 2. The summed E-state index contributed by atoms with van der Waals surface area (Å²) in [6, 6.07) is 10.1. The van der Waals surface area contributed by atoms with Gasteiger partial charge < -0.3 is 10.4 Å². The maximum absolute atomic E-state index is 11.7. The van der Waals surface area contributed by atoms with E-state index >= 15 is 0 Å². The summed E-state index contributed by atoms with van der Waals surface area (Å²) in [5.74, 6) is -1.17. The van der Waals surface area contributed by atoms with Crippen molar-refractivity contribution < 1.29 is 14.7 Å². The average molecular weight is 292 g/mol. The molecule has 0 bridgehead atoms. The number of nitrogens with one attached hydrogen (secondary N) is 1. The first-order valence-corrected chi connectivity index (χ1v) is 7.35. The molecule has 0 aliphatic rings. The molecule has 0 aliphatic heterocycles. The van der Waals surface area contributed by atoms with Crippen LogP contribution in [0.1, 0.15) is 38.3 Å². The molecule has 5 heteroatoms. The number of benzene rings is 1. The molecule has 116 valence electrons. The maximum Gasteiger partial charge on any atom is 0.303 e. The first-order chi connectivity index (χ1) is 10.1. The van der Waals surface area contributed by atoms with Crippen molar-refractivity contribution in [3.05, 3.63) is 35.9 Å². The van der Waals surface area contributed by atoms with E-state index < -0.39 is 5.97 Å². The van der Waals surface area contributed by atoms with Gasteiger partial charge in [0.25, 0.3) is 0 Å². The predicted molar refractivity (Wildman–Crippen MR) is 82.0 cm³/mol. The molecule has 0 spiro atoms. The Labute approximate surface area is 126 Å². The molecule has 0 fully saturated rings. The van der Waals surface area contributed by atoms with Crippen LogP contribution in [0.5, 0.6) is 0 Å². The number of aliphatic carboxylic acids is 1. The Morgan fingerprint density at radius 2 is 1.76 bits per heavy atom. The summed E-state index contributed by atoms with van der Waals surface area (Å²) in [6.07, 6.45) is -0.109. The third-order valence-corrected chi connectivity index (χ3v) is 3.50. The van der Waals surface area contributed by atoms with Gasteiger partial charge in [-0.3, -0.25) is 14.5 Å². The Balaban J connectivity index is 2.66. The molecule has 1 rings (SSSR count). The molecule has 1 amide bonds. The van der Waals surface area contributed by atoms with E-state index in [-0.39, 0.29) is 24.8 Å². The minimum absolute atomic E-state index is 0.0229. The zero-order valence-electron chi connectivity index (χ0n) is 12.7. The van der Waals surface area contributed by atoms with Crippen LogP contribution in [-0.2, 0) is 9.59 Å². The highest BCUT2D eigenvalue weighted by Crippen LogP contribution is 2.19. The van der Waals surface area contributed by atoms with E-state index in [1.165, 1.54) is 0 Å². The SMILES string of the molecule is CCN(CC)C(CNC(=O)CCC(=O)O)c1ccccc1. The average Bonchev–Trinajstić information content (AvgIpc) is 2.50. The van der Waals surface area contributed by atoms with Gasteiger partial charge in [0.1, 0.15) is 0 Å². The lowest BCUT2D eigenvalue weighted by Gasteiger charge is -2.30. The van der Waals surface area contributed by atoms with Crippen molar-refractivity contribution >= 4 is 11.9 Å². The molecule has 0 aromatic heterocycles. The standard InChI is InChI=1S/C16H24N2O3/c1-3-18(4-2)14(13-8-6-5-7-9-13)12-17-15(19)10-11-16(20)21/h5-9,14H,3-4,10-12H2,1-2H3,(H,17,19)(H,20,21). The molecule has 2 N–H and O–H groups in total. The van der Waals surface area contributed by atoms with Gasteiger partial charge >= 0.3 is 5.97 Å². The number of carboxylic acids is 1. The number of carboxylic acid groups (broad SMARTS) is 1. The predicted octanol–water partition coefficient (Wildman–Crippen LogP) is 2.05. The van der Waals surface area contributed by atoms with Crippen LogP contribution in [0.4, 0.5) is 0 Å². The van der Waals surface area contributed by atoms with Crippen molar-refractivity contribution in [2.45, 2.75) is 32.7 Å². The summed E-state index contributed by atoms with van der Waals surface area (Å²) < 4.78 is 0. The van der Waals surface area contributed by atoms with Crippen molar-refractivity contribution in [1.82, 2.24) is 10.2 Å². The molecule has 0 heterocycles. The van der Waals surface area contributed by atoms with Gasteiger partial charge in [0.05, 0.1) is 12.5 Å². The van der Waals surface area contributed by atoms with Gasteiger partial charge in [-0.1, -0.05) is 44.2 Å². The van der Waals surface area contributed by atoms with Crippen LogP contribution in [0, 0.1) is 0 Å². The quantitative estimate of drug-likeness (QED) is 0.731. The molecule has 1 atom stereocenters. The fourth-order valence-corrected chi connectivity index (χ4v) is 2.32. The van der Waals surface area contributed by atoms with Crippen molar-refractivity contribution in [3.8, 4) is 0 Å². The van der Waals surface area contributed by atoms with Gasteiger partial charge in [0.2, 0.25) is 5.91 Å². The largest absolute Gasteiger partial charge is 0.481 e. The van der Waals surface area contributed by atoms with E-state index in [9.17, 15) is 9.59 Å². The summed E-state index contributed by atoms with van der Waals surface area (Å²) >= 11 is 0. The van der Waals surface area contributed by atoms with Gasteiger partial charge in [-0.25, -0.2) is 0 Å². The first-order valence-electron chi connectivity index (χ1n) is 7.35. The molecule has 0 radical (unpaired) electrons. The maximum atomic E-state index is 11.7. The molecule has 0 saturated carbocycles. The summed E-state index contributed by atoms with van der Waals surface area (Å²) in [7, 11) is 0. The minimum Gasteiger partial charge on any atom is -0.481 e. The third kappa shape index (κ3) is 5.95. The smallest absolute Gasteiger partial charge is 0.303 e. The highest BCUT2D eigenvalue weighted by molar-refractivity contribution is 5.80. The van der Waals surface area contributed by atoms with Crippen molar-refractivity contribution in [1.29, 1.82) is 0 Å². The van der Waals surface area contributed by atoms with Gasteiger partial charge in [0.15, 0.2) is 0 Å². The fraction of sp³-hybridized carbons (Fsp3) is 0.500. The minimum atomic E-state index is -0.950. The number of hydrogen-bond acceptors (Lipinski definition) is 3. The molecule has 21 heavy (non-hydrogen) atoms. The molecular formula is C16H24N2O3. The molecule has 0 aliphatic carbocycles. The van der Waals surface area contributed by atoms with E-state index in [0.717, 1.165) is 18.7 Å². The number of nitrogens with zero attached hydrogens (tertiary/aromatic N) is 1. The number of carbonyl (C=O) groups excluding carboxylic acids is 1. The second-order valence-corrected chi connectivity index (χ2v) is 4.85.